The number of hydrogen-bond acceptors (Lipinski definition) is 3. The molecule has 0 radical (unpaired) electrons. The predicted octanol–water partition coefficient (Wildman–Crippen LogP) is 5.58. The lowest BCUT2D eigenvalue weighted by atomic mass is 9.80. The number of rotatable bonds is 3. The molecule has 0 aromatic carbocycles. The molecule has 0 aliphatic heterocycles. The Hall–Kier alpha value is -0.960. The summed E-state index contributed by atoms with van der Waals surface area (Å²) in [4.78, 5) is 12.2. The Morgan fingerprint density at radius 2 is 1.91 bits per heavy atom. The number of nitrogens with zero attached hydrogens (tertiary/aromatic N) is 2. The zero-order valence-electron chi connectivity index (χ0n) is 14.5. The summed E-state index contributed by atoms with van der Waals surface area (Å²) in [5.74, 6) is 2.65. The van der Waals surface area contributed by atoms with Crippen molar-refractivity contribution in [3.05, 3.63) is 22.5 Å². The number of hydrogen-bond donors (Lipinski definition) is 0. The molecule has 124 valence electrons. The van der Waals surface area contributed by atoms with E-state index in [1.54, 1.807) is 10.4 Å². The van der Waals surface area contributed by atoms with Gasteiger partial charge in [-0.25, -0.2) is 9.97 Å². The van der Waals surface area contributed by atoms with E-state index in [1.165, 1.54) is 73.7 Å². The van der Waals surface area contributed by atoms with Crippen LogP contribution < -0.4 is 0 Å². The summed E-state index contributed by atoms with van der Waals surface area (Å²) in [6.45, 7) is 4.73. The number of thiophene rings is 1. The van der Waals surface area contributed by atoms with Gasteiger partial charge in [0.1, 0.15) is 11.2 Å². The van der Waals surface area contributed by atoms with Crippen molar-refractivity contribution >= 4 is 21.6 Å². The van der Waals surface area contributed by atoms with Gasteiger partial charge in [0, 0.05) is 10.3 Å². The maximum Gasteiger partial charge on any atom is 0.127 e. The fourth-order valence-corrected chi connectivity index (χ4v) is 5.88. The highest BCUT2D eigenvalue weighted by Gasteiger charge is 2.26. The molecule has 0 amide bonds. The fraction of sp³-hybridized carbons (Fsp3) is 0.700. The molecule has 4 rings (SSSR count). The molecule has 0 bridgehead atoms. The quantitative estimate of drug-likeness (QED) is 0.735. The van der Waals surface area contributed by atoms with Crippen molar-refractivity contribution in [2.24, 2.45) is 17.8 Å². The van der Waals surface area contributed by atoms with Gasteiger partial charge in [0.15, 0.2) is 0 Å². The molecule has 0 saturated heterocycles. The van der Waals surface area contributed by atoms with Crippen LogP contribution in [-0.4, -0.2) is 9.97 Å². The molecular formula is C20H28N2S. The van der Waals surface area contributed by atoms with Crippen molar-refractivity contribution in [2.45, 2.75) is 71.6 Å². The highest BCUT2D eigenvalue weighted by atomic mass is 32.1. The van der Waals surface area contributed by atoms with Crippen LogP contribution in [0.3, 0.4) is 0 Å². The van der Waals surface area contributed by atoms with Gasteiger partial charge in [-0.2, -0.15) is 0 Å². The van der Waals surface area contributed by atoms with Crippen molar-refractivity contribution in [3.63, 3.8) is 0 Å². The maximum absolute atomic E-state index is 4.74. The number of fused-ring (bicyclic) bond motifs is 3. The molecule has 2 aromatic heterocycles. The van der Waals surface area contributed by atoms with E-state index >= 15 is 0 Å². The first kappa shape index (κ1) is 15.6. The second-order valence-corrected chi connectivity index (χ2v) is 8.94. The second kappa shape index (κ2) is 6.51. The molecule has 1 saturated carbocycles. The Kier molecular flexibility index (Phi) is 4.40. The monoisotopic (exact) mass is 328 g/mol. The Balaban J connectivity index is 1.64. The fourth-order valence-electron chi connectivity index (χ4n) is 4.55. The third kappa shape index (κ3) is 3.05. The lowest BCUT2D eigenvalue weighted by molar-refractivity contribution is 0.288. The van der Waals surface area contributed by atoms with Crippen molar-refractivity contribution in [3.8, 4) is 0 Å². The summed E-state index contributed by atoms with van der Waals surface area (Å²) in [6.07, 6.45) is 13.7. The maximum atomic E-state index is 4.74. The number of aryl methyl sites for hydroxylation is 1. The first-order valence-corrected chi connectivity index (χ1v) is 10.3. The predicted molar refractivity (Wildman–Crippen MR) is 98.0 cm³/mol. The summed E-state index contributed by atoms with van der Waals surface area (Å²) in [5.41, 5.74) is 2.96. The van der Waals surface area contributed by atoms with Crippen molar-refractivity contribution in [2.75, 3.05) is 0 Å². The summed E-state index contributed by atoms with van der Waals surface area (Å²) >= 11 is 1.94. The first-order valence-electron chi connectivity index (χ1n) is 9.48. The van der Waals surface area contributed by atoms with Gasteiger partial charge in [0.2, 0.25) is 0 Å². The standard InChI is InChI=1S/C20H28N2S/c1-3-14-8-9-16-18(11-14)23-20-19(16)17(21-12-22-20)10-15-6-4-13(2)5-7-15/h12-15H,3-11H2,1-2H3. The molecular weight excluding hydrogens is 300 g/mol. The Morgan fingerprint density at radius 1 is 1.09 bits per heavy atom. The summed E-state index contributed by atoms with van der Waals surface area (Å²) in [5, 5.41) is 1.45. The minimum atomic E-state index is 0.840. The van der Waals surface area contributed by atoms with Crippen molar-refractivity contribution < 1.29 is 0 Å². The summed E-state index contributed by atoms with van der Waals surface area (Å²) in [7, 11) is 0. The van der Waals surface area contributed by atoms with E-state index in [0.717, 1.165) is 17.8 Å². The average Bonchev–Trinajstić information content (AvgIpc) is 2.95. The van der Waals surface area contributed by atoms with E-state index in [0.29, 0.717) is 0 Å². The molecule has 1 atom stereocenters. The van der Waals surface area contributed by atoms with Crippen LogP contribution in [0.2, 0.25) is 0 Å². The molecule has 2 nitrogen and oxygen atoms in total. The Morgan fingerprint density at radius 3 is 2.70 bits per heavy atom. The third-order valence-electron chi connectivity index (χ3n) is 6.22. The smallest absolute Gasteiger partial charge is 0.127 e. The topological polar surface area (TPSA) is 25.8 Å². The van der Waals surface area contributed by atoms with Crippen LogP contribution in [0.5, 0.6) is 0 Å². The SMILES string of the molecule is CCC1CCc2c(sc3ncnc(CC4CCC(C)CC4)c23)C1. The van der Waals surface area contributed by atoms with E-state index in [1.807, 2.05) is 17.7 Å². The van der Waals surface area contributed by atoms with Crippen LogP contribution in [0.15, 0.2) is 6.33 Å². The van der Waals surface area contributed by atoms with Gasteiger partial charge in [-0.05, 0) is 61.8 Å². The van der Waals surface area contributed by atoms with Gasteiger partial charge in [0.25, 0.3) is 0 Å². The van der Waals surface area contributed by atoms with Crippen LogP contribution >= 0.6 is 11.3 Å². The third-order valence-corrected chi connectivity index (χ3v) is 7.38. The summed E-state index contributed by atoms with van der Waals surface area (Å²) in [6, 6.07) is 0. The number of aromatic nitrogens is 2. The lowest BCUT2D eigenvalue weighted by Crippen LogP contribution is -2.16. The van der Waals surface area contributed by atoms with Gasteiger partial charge in [0.05, 0.1) is 5.69 Å². The average molecular weight is 329 g/mol. The minimum Gasteiger partial charge on any atom is -0.241 e. The normalized spacial score (nSPS) is 28.0. The van der Waals surface area contributed by atoms with E-state index in [-0.39, 0.29) is 0 Å². The van der Waals surface area contributed by atoms with Gasteiger partial charge in [-0.3, -0.25) is 0 Å². The Bertz CT molecular complexity index is 682. The van der Waals surface area contributed by atoms with Gasteiger partial charge in [-0.15, -0.1) is 11.3 Å². The van der Waals surface area contributed by atoms with E-state index < -0.39 is 0 Å². The zero-order chi connectivity index (χ0) is 15.8. The van der Waals surface area contributed by atoms with E-state index in [4.69, 9.17) is 4.98 Å². The Labute approximate surface area is 143 Å². The van der Waals surface area contributed by atoms with Crippen LogP contribution in [0.4, 0.5) is 0 Å². The first-order chi connectivity index (χ1) is 11.2. The molecule has 0 N–H and O–H groups in total. The van der Waals surface area contributed by atoms with Crippen molar-refractivity contribution in [1.29, 1.82) is 0 Å². The molecule has 2 aromatic rings. The molecule has 1 fully saturated rings. The highest BCUT2D eigenvalue weighted by Crippen LogP contribution is 2.40. The van der Waals surface area contributed by atoms with Gasteiger partial charge < -0.3 is 0 Å². The van der Waals surface area contributed by atoms with E-state index in [9.17, 15) is 0 Å². The van der Waals surface area contributed by atoms with Crippen LogP contribution in [0.1, 0.15) is 68.5 Å². The molecule has 23 heavy (non-hydrogen) atoms. The summed E-state index contributed by atoms with van der Waals surface area (Å²) < 4.78 is 0. The zero-order valence-corrected chi connectivity index (χ0v) is 15.3. The molecule has 1 unspecified atom stereocenters. The molecule has 0 spiro atoms. The minimum absolute atomic E-state index is 0.840. The molecule has 3 heteroatoms. The highest BCUT2D eigenvalue weighted by molar-refractivity contribution is 7.18. The van der Waals surface area contributed by atoms with Crippen molar-refractivity contribution in [1.82, 2.24) is 9.97 Å². The lowest BCUT2D eigenvalue weighted by Gasteiger charge is -2.26. The van der Waals surface area contributed by atoms with Gasteiger partial charge >= 0.3 is 0 Å². The van der Waals surface area contributed by atoms with Gasteiger partial charge in [-0.1, -0.05) is 33.1 Å². The van der Waals surface area contributed by atoms with Crippen LogP contribution in [0, 0.1) is 17.8 Å². The molecule has 2 aliphatic rings. The largest absolute Gasteiger partial charge is 0.241 e. The molecule has 2 heterocycles. The van der Waals surface area contributed by atoms with E-state index in [2.05, 4.69) is 18.8 Å². The van der Waals surface area contributed by atoms with Crippen LogP contribution in [0.25, 0.3) is 10.2 Å². The second-order valence-electron chi connectivity index (χ2n) is 7.85. The molecule has 2 aliphatic carbocycles. The van der Waals surface area contributed by atoms with Crippen LogP contribution in [-0.2, 0) is 19.3 Å².